The van der Waals surface area contributed by atoms with E-state index in [9.17, 15) is 9.59 Å². The Morgan fingerprint density at radius 2 is 1.17 bits per heavy atom. The molecule has 0 heterocycles. The molecule has 2 nitrogen and oxygen atoms in total. The molecule has 0 saturated heterocycles. The molecule has 12 heavy (non-hydrogen) atoms. The molecule has 0 rings (SSSR count). The van der Waals surface area contributed by atoms with Gasteiger partial charge in [-0.25, -0.2) is 0 Å². The van der Waals surface area contributed by atoms with E-state index >= 15 is 0 Å². The summed E-state index contributed by atoms with van der Waals surface area (Å²) in [5, 5.41) is -2.90. The summed E-state index contributed by atoms with van der Waals surface area (Å²) in [5.74, 6) is 0. The number of carbonyl (C=O) groups excluding carboxylic acids is 2. The minimum absolute atomic E-state index is 0.247. The fraction of sp³-hybridized carbons (Fsp3) is 0.667. The summed E-state index contributed by atoms with van der Waals surface area (Å²) in [5.41, 5.74) is 0. The van der Waals surface area contributed by atoms with E-state index in [4.69, 9.17) is 46.4 Å². The first-order chi connectivity index (χ1) is 5.45. The van der Waals surface area contributed by atoms with Crippen LogP contribution in [0.1, 0.15) is 12.8 Å². The molecule has 0 spiro atoms. The summed E-state index contributed by atoms with van der Waals surface area (Å²) in [6, 6.07) is 0. The molecule has 0 saturated carbocycles. The predicted molar refractivity (Wildman–Crippen MR) is 50.2 cm³/mol. The molecule has 0 aliphatic rings. The molecule has 0 aliphatic carbocycles. The normalized spacial score (nSPS) is 15.3. The summed E-state index contributed by atoms with van der Waals surface area (Å²) >= 11 is 21.1. The number of carbonyl (C=O) groups is 2. The monoisotopic (exact) mass is 250 g/mol. The Bertz CT molecular complexity index is 162. The zero-order valence-electron chi connectivity index (χ0n) is 5.90. The van der Waals surface area contributed by atoms with Crippen LogP contribution in [0.4, 0.5) is 0 Å². The van der Waals surface area contributed by atoms with Crippen molar-refractivity contribution in [3.05, 3.63) is 0 Å². The lowest BCUT2D eigenvalue weighted by atomic mass is 10.2. The van der Waals surface area contributed by atoms with Gasteiger partial charge in [-0.2, -0.15) is 0 Å². The van der Waals surface area contributed by atoms with Crippen molar-refractivity contribution >= 4 is 56.9 Å². The van der Waals surface area contributed by atoms with Crippen LogP contribution in [0.5, 0.6) is 0 Å². The van der Waals surface area contributed by atoms with Gasteiger partial charge in [0.1, 0.15) is 10.8 Å². The Morgan fingerprint density at radius 1 is 0.917 bits per heavy atom. The first-order valence-corrected chi connectivity index (χ1v) is 4.75. The minimum atomic E-state index is -0.802. The van der Waals surface area contributed by atoms with Gasteiger partial charge < -0.3 is 0 Å². The number of hydrogen-bond acceptors (Lipinski definition) is 2. The molecular weight excluding hydrogens is 246 g/mol. The topological polar surface area (TPSA) is 34.1 Å². The molecule has 0 bridgehead atoms. The van der Waals surface area contributed by atoms with E-state index in [0.29, 0.717) is 0 Å². The van der Waals surface area contributed by atoms with Crippen LogP contribution >= 0.6 is 46.4 Å². The van der Waals surface area contributed by atoms with Gasteiger partial charge in [0, 0.05) is 0 Å². The van der Waals surface area contributed by atoms with Gasteiger partial charge >= 0.3 is 0 Å². The van der Waals surface area contributed by atoms with Gasteiger partial charge in [-0.15, -0.1) is 23.2 Å². The number of rotatable bonds is 5. The highest BCUT2D eigenvalue weighted by atomic mass is 35.5. The first kappa shape index (κ1) is 12.5. The van der Waals surface area contributed by atoms with Crippen molar-refractivity contribution < 1.29 is 9.59 Å². The molecule has 0 aliphatic heterocycles. The van der Waals surface area contributed by atoms with E-state index < -0.39 is 21.2 Å². The Hall–Kier alpha value is 0.500. The maximum atomic E-state index is 10.4. The van der Waals surface area contributed by atoms with Gasteiger partial charge in [-0.3, -0.25) is 9.59 Å². The summed E-state index contributed by atoms with van der Waals surface area (Å²) in [6.07, 6.45) is 0.493. The second-order valence-electron chi connectivity index (χ2n) is 2.12. The van der Waals surface area contributed by atoms with E-state index in [1.54, 1.807) is 0 Å². The average Bonchev–Trinajstić information content (AvgIpc) is 1.98. The smallest absolute Gasteiger partial charge is 0.239 e. The number of alkyl halides is 2. The molecule has 0 amide bonds. The Balaban J connectivity index is 3.68. The van der Waals surface area contributed by atoms with Crippen LogP contribution in [-0.2, 0) is 9.59 Å². The maximum Gasteiger partial charge on any atom is 0.239 e. The molecular formula is C6H6Cl4O2. The lowest BCUT2D eigenvalue weighted by molar-refractivity contribution is -0.113. The first-order valence-electron chi connectivity index (χ1n) is 3.12. The molecule has 0 aromatic heterocycles. The van der Waals surface area contributed by atoms with Crippen molar-refractivity contribution in [2.24, 2.45) is 0 Å². The van der Waals surface area contributed by atoms with Gasteiger partial charge in [0.25, 0.3) is 0 Å². The van der Waals surface area contributed by atoms with E-state index in [2.05, 4.69) is 0 Å². The van der Waals surface area contributed by atoms with Crippen molar-refractivity contribution in [2.75, 3.05) is 0 Å². The molecule has 0 aromatic rings. The zero-order valence-corrected chi connectivity index (χ0v) is 8.92. The molecule has 2 atom stereocenters. The molecule has 70 valence electrons. The SMILES string of the molecule is O=C(Cl)[C@H](Cl)CC[C@H](Cl)C(=O)Cl. The molecule has 0 N–H and O–H groups in total. The van der Waals surface area contributed by atoms with Crippen LogP contribution in [-0.4, -0.2) is 21.2 Å². The molecule has 0 unspecified atom stereocenters. The quantitative estimate of drug-likeness (QED) is 0.556. The van der Waals surface area contributed by atoms with Crippen molar-refractivity contribution in [1.82, 2.24) is 0 Å². The second kappa shape index (κ2) is 6.03. The zero-order chi connectivity index (χ0) is 9.72. The lowest BCUT2D eigenvalue weighted by Gasteiger charge is -2.05. The highest BCUT2D eigenvalue weighted by Gasteiger charge is 2.18. The molecule has 0 aromatic carbocycles. The lowest BCUT2D eigenvalue weighted by Crippen LogP contribution is -2.14. The van der Waals surface area contributed by atoms with Gasteiger partial charge in [-0.05, 0) is 36.0 Å². The standard InChI is InChI=1S/C6H6Cl4O2/c7-3(5(9)11)1-2-4(8)6(10)12/h3-4H,1-2H2/t3-,4+. The van der Waals surface area contributed by atoms with E-state index in [1.165, 1.54) is 0 Å². The van der Waals surface area contributed by atoms with Crippen LogP contribution in [0.15, 0.2) is 0 Å². The fourth-order valence-corrected chi connectivity index (χ4v) is 0.990. The third-order valence-electron chi connectivity index (χ3n) is 1.17. The predicted octanol–water partition coefficient (Wildman–Crippen LogP) is 2.51. The van der Waals surface area contributed by atoms with Crippen LogP contribution in [0.2, 0.25) is 0 Å². The summed E-state index contributed by atoms with van der Waals surface area (Å²) in [7, 11) is 0. The fourth-order valence-electron chi connectivity index (χ4n) is 0.520. The van der Waals surface area contributed by atoms with Crippen LogP contribution in [0, 0.1) is 0 Å². The summed E-state index contributed by atoms with van der Waals surface area (Å²) in [4.78, 5) is 20.8. The second-order valence-corrected chi connectivity index (χ2v) is 3.92. The maximum absolute atomic E-state index is 10.4. The van der Waals surface area contributed by atoms with Gasteiger partial charge in [0.15, 0.2) is 0 Å². The van der Waals surface area contributed by atoms with Crippen LogP contribution in [0.3, 0.4) is 0 Å². The third-order valence-corrected chi connectivity index (χ3v) is 2.75. The molecule has 0 radical (unpaired) electrons. The average molecular weight is 252 g/mol. The molecule has 0 fully saturated rings. The van der Waals surface area contributed by atoms with Gasteiger partial charge in [0.2, 0.25) is 10.5 Å². The van der Waals surface area contributed by atoms with Crippen molar-refractivity contribution in [2.45, 2.75) is 23.6 Å². The van der Waals surface area contributed by atoms with Crippen molar-refractivity contribution in [1.29, 1.82) is 0 Å². The van der Waals surface area contributed by atoms with E-state index in [1.807, 2.05) is 0 Å². The van der Waals surface area contributed by atoms with E-state index in [-0.39, 0.29) is 12.8 Å². The summed E-state index contributed by atoms with van der Waals surface area (Å²) < 4.78 is 0. The van der Waals surface area contributed by atoms with Gasteiger partial charge in [0.05, 0.1) is 0 Å². The highest BCUT2D eigenvalue weighted by Crippen LogP contribution is 2.15. The Labute approximate surface area is 90.1 Å². The highest BCUT2D eigenvalue weighted by molar-refractivity contribution is 6.69. The third kappa shape index (κ3) is 5.20. The molecule has 6 heteroatoms. The number of hydrogen-bond donors (Lipinski definition) is 0. The van der Waals surface area contributed by atoms with Crippen molar-refractivity contribution in [3.63, 3.8) is 0 Å². The summed E-state index contributed by atoms with van der Waals surface area (Å²) in [6.45, 7) is 0. The Kier molecular flexibility index (Phi) is 6.28. The van der Waals surface area contributed by atoms with Gasteiger partial charge in [-0.1, -0.05) is 0 Å². The van der Waals surface area contributed by atoms with Crippen molar-refractivity contribution in [3.8, 4) is 0 Å². The minimum Gasteiger partial charge on any atom is -0.280 e. The van der Waals surface area contributed by atoms with Crippen LogP contribution < -0.4 is 0 Å². The Morgan fingerprint density at radius 3 is 1.33 bits per heavy atom. The van der Waals surface area contributed by atoms with E-state index in [0.717, 1.165) is 0 Å². The number of halogens is 4. The van der Waals surface area contributed by atoms with Crippen LogP contribution in [0.25, 0.3) is 0 Å². The largest absolute Gasteiger partial charge is 0.280 e.